The van der Waals surface area contributed by atoms with Crippen LogP contribution < -0.4 is 15.2 Å². The van der Waals surface area contributed by atoms with Gasteiger partial charge in [-0.15, -0.1) is 0 Å². The SMILES string of the molecule is COc1ccc(CC(C)N(C)C(CN)C2CC2)cc1OC. The second kappa shape index (κ2) is 7.14. The molecule has 1 aromatic carbocycles. The average molecular weight is 292 g/mol. The molecule has 1 aliphatic carbocycles. The molecule has 21 heavy (non-hydrogen) atoms. The molecule has 1 fully saturated rings. The number of nitrogens with zero attached hydrogens (tertiary/aromatic N) is 1. The van der Waals surface area contributed by atoms with Crippen molar-refractivity contribution in [1.82, 2.24) is 4.90 Å². The lowest BCUT2D eigenvalue weighted by Crippen LogP contribution is -2.45. The second-order valence-electron chi connectivity index (χ2n) is 6.05. The van der Waals surface area contributed by atoms with Gasteiger partial charge >= 0.3 is 0 Å². The van der Waals surface area contributed by atoms with E-state index in [1.807, 2.05) is 6.07 Å². The normalized spacial score (nSPS) is 17.6. The molecular formula is C17H28N2O2. The zero-order chi connectivity index (χ0) is 15.4. The quantitative estimate of drug-likeness (QED) is 0.799. The van der Waals surface area contributed by atoms with Crippen LogP contribution in [0.5, 0.6) is 11.5 Å². The first-order valence-corrected chi connectivity index (χ1v) is 7.73. The third kappa shape index (κ3) is 3.89. The van der Waals surface area contributed by atoms with E-state index in [9.17, 15) is 0 Å². The van der Waals surface area contributed by atoms with Gasteiger partial charge in [0.2, 0.25) is 0 Å². The van der Waals surface area contributed by atoms with E-state index in [0.717, 1.165) is 30.4 Å². The van der Waals surface area contributed by atoms with Crippen LogP contribution in [-0.2, 0) is 6.42 Å². The average Bonchev–Trinajstić information content (AvgIpc) is 3.32. The van der Waals surface area contributed by atoms with Crippen molar-refractivity contribution in [3.8, 4) is 11.5 Å². The van der Waals surface area contributed by atoms with Gasteiger partial charge in [0.1, 0.15) is 0 Å². The largest absolute Gasteiger partial charge is 0.493 e. The Morgan fingerprint density at radius 1 is 1.24 bits per heavy atom. The summed E-state index contributed by atoms with van der Waals surface area (Å²) in [6, 6.07) is 7.12. The first-order valence-electron chi connectivity index (χ1n) is 7.73. The summed E-state index contributed by atoms with van der Waals surface area (Å²) in [7, 11) is 5.53. The van der Waals surface area contributed by atoms with E-state index < -0.39 is 0 Å². The number of rotatable bonds is 8. The summed E-state index contributed by atoms with van der Waals surface area (Å²) in [4.78, 5) is 2.44. The molecule has 2 unspecified atom stereocenters. The van der Waals surface area contributed by atoms with Gasteiger partial charge in [-0.25, -0.2) is 0 Å². The molecule has 0 radical (unpaired) electrons. The van der Waals surface area contributed by atoms with Crippen LogP contribution in [0, 0.1) is 5.92 Å². The Labute approximate surface area is 128 Å². The highest BCUT2D eigenvalue weighted by Gasteiger charge is 2.34. The summed E-state index contributed by atoms with van der Waals surface area (Å²) in [5, 5.41) is 0. The van der Waals surface area contributed by atoms with Gasteiger partial charge in [-0.05, 0) is 56.8 Å². The molecule has 2 rings (SSSR count). The first-order chi connectivity index (χ1) is 10.1. The number of hydrogen-bond acceptors (Lipinski definition) is 4. The van der Waals surface area contributed by atoms with Gasteiger partial charge in [-0.2, -0.15) is 0 Å². The van der Waals surface area contributed by atoms with Crippen molar-refractivity contribution >= 4 is 0 Å². The standard InChI is InChI=1S/C17H28N2O2/c1-12(19(2)15(11-18)14-6-7-14)9-13-5-8-16(20-3)17(10-13)21-4/h5,8,10,12,14-15H,6-7,9,11,18H2,1-4H3. The van der Waals surface area contributed by atoms with E-state index >= 15 is 0 Å². The van der Waals surface area contributed by atoms with Crippen LogP contribution in [0.4, 0.5) is 0 Å². The fourth-order valence-corrected chi connectivity index (χ4v) is 2.99. The van der Waals surface area contributed by atoms with Crippen molar-refractivity contribution in [2.75, 3.05) is 27.8 Å². The third-order valence-electron chi connectivity index (χ3n) is 4.61. The molecule has 118 valence electrons. The Morgan fingerprint density at radius 3 is 2.43 bits per heavy atom. The summed E-state index contributed by atoms with van der Waals surface area (Å²) >= 11 is 0. The molecule has 0 amide bonds. The molecule has 2 N–H and O–H groups in total. The lowest BCUT2D eigenvalue weighted by Gasteiger charge is -2.33. The van der Waals surface area contributed by atoms with Gasteiger partial charge < -0.3 is 15.2 Å². The van der Waals surface area contributed by atoms with Crippen molar-refractivity contribution in [3.63, 3.8) is 0 Å². The Balaban J connectivity index is 2.02. The van der Waals surface area contributed by atoms with Crippen LogP contribution in [0.15, 0.2) is 18.2 Å². The Kier molecular flexibility index (Phi) is 5.48. The van der Waals surface area contributed by atoms with Gasteiger partial charge in [0.15, 0.2) is 11.5 Å². The van der Waals surface area contributed by atoms with Gasteiger partial charge in [0, 0.05) is 18.6 Å². The lowest BCUT2D eigenvalue weighted by atomic mass is 10.0. The molecule has 0 bridgehead atoms. The van der Waals surface area contributed by atoms with Gasteiger partial charge in [-0.1, -0.05) is 6.07 Å². The molecule has 0 spiro atoms. The van der Waals surface area contributed by atoms with Crippen LogP contribution >= 0.6 is 0 Å². The fourth-order valence-electron chi connectivity index (χ4n) is 2.99. The van der Waals surface area contributed by atoms with Crippen LogP contribution in [0.25, 0.3) is 0 Å². The zero-order valence-electron chi connectivity index (χ0n) is 13.6. The molecule has 0 aromatic heterocycles. The molecular weight excluding hydrogens is 264 g/mol. The van der Waals surface area contributed by atoms with E-state index in [-0.39, 0.29) is 0 Å². The summed E-state index contributed by atoms with van der Waals surface area (Å²) in [6.07, 6.45) is 3.64. The van der Waals surface area contributed by atoms with E-state index in [2.05, 4.69) is 31.0 Å². The van der Waals surface area contributed by atoms with Crippen molar-refractivity contribution in [3.05, 3.63) is 23.8 Å². The number of benzene rings is 1. The highest BCUT2D eigenvalue weighted by Crippen LogP contribution is 2.35. The van der Waals surface area contributed by atoms with Gasteiger partial charge in [0.25, 0.3) is 0 Å². The van der Waals surface area contributed by atoms with Crippen LogP contribution in [0.3, 0.4) is 0 Å². The molecule has 0 aliphatic heterocycles. The predicted molar refractivity (Wildman–Crippen MR) is 86.0 cm³/mol. The smallest absolute Gasteiger partial charge is 0.160 e. The minimum absolute atomic E-state index is 0.456. The summed E-state index contributed by atoms with van der Waals surface area (Å²) in [5.41, 5.74) is 7.21. The van der Waals surface area contributed by atoms with E-state index in [0.29, 0.717) is 12.1 Å². The number of nitrogens with two attached hydrogens (primary N) is 1. The number of likely N-dealkylation sites (N-methyl/N-ethyl adjacent to an activating group) is 1. The Bertz CT molecular complexity index is 460. The first kappa shape index (κ1) is 16.1. The molecule has 1 saturated carbocycles. The van der Waals surface area contributed by atoms with E-state index in [1.165, 1.54) is 18.4 Å². The van der Waals surface area contributed by atoms with Crippen molar-refractivity contribution in [2.24, 2.45) is 11.7 Å². The summed E-state index contributed by atoms with van der Waals surface area (Å²) in [5.74, 6) is 2.37. The molecule has 2 atom stereocenters. The van der Waals surface area contributed by atoms with Crippen molar-refractivity contribution in [2.45, 2.75) is 38.3 Å². The number of ether oxygens (including phenoxy) is 2. The minimum atomic E-state index is 0.456. The molecule has 1 aromatic rings. The van der Waals surface area contributed by atoms with E-state index in [1.54, 1.807) is 14.2 Å². The topological polar surface area (TPSA) is 47.7 Å². The Morgan fingerprint density at radius 2 is 1.90 bits per heavy atom. The molecule has 4 heteroatoms. The van der Waals surface area contributed by atoms with Crippen LogP contribution in [0.1, 0.15) is 25.3 Å². The maximum atomic E-state index is 5.95. The summed E-state index contributed by atoms with van der Waals surface area (Å²) < 4.78 is 10.7. The number of methoxy groups -OCH3 is 2. The summed E-state index contributed by atoms with van der Waals surface area (Å²) in [6.45, 7) is 3.01. The van der Waals surface area contributed by atoms with E-state index in [4.69, 9.17) is 15.2 Å². The maximum Gasteiger partial charge on any atom is 0.160 e. The monoisotopic (exact) mass is 292 g/mol. The molecule has 0 saturated heterocycles. The molecule has 0 heterocycles. The highest BCUT2D eigenvalue weighted by atomic mass is 16.5. The predicted octanol–water partition coefficient (Wildman–Crippen LogP) is 2.30. The minimum Gasteiger partial charge on any atom is -0.493 e. The third-order valence-corrected chi connectivity index (χ3v) is 4.61. The zero-order valence-corrected chi connectivity index (χ0v) is 13.6. The Hall–Kier alpha value is -1.26. The second-order valence-corrected chi connectivity index (χ2v) is 6.05. The molecule has 1 aliphatic rings. The van der Waals surface area contributed by atoms with Crippen LogP contribution in [0.2, 0.25) is 0 Å². The van der Waals surface area contributed by atoms with Crippen LogP contribution in [-0.4, -0.2) is 44.8 Å². The molecule has 4 nitrogen and oxygen atoms in total. The number of hydrogen-bond donors (Lipinski definition) is 1. The lowest BCUT2D eigenvalue weighted by molar-refractivity contribution is 0.168. The van der Waals surface area contributed by atoms with Crippen molar-refractivity contribution < 1.29 is 9.47 Å². The maximum absolute atomic E-state index is 5.95. The highest BCUT2D eigenvalue weighted by molar-refractivity contribution is 5.43. The van der Waals surface area contributed by atoms with Gasteiger partial charge in [-0.3, -0.25) is 4.90 Å². The fraction of sp³-hybridized carbons (Fsp3) is 0.647. The van der Waals surface area contributed by atoms with Gasteiger partial charge in [0.05, 0.1) is 14.2 Å². The van der Waals surface area contributed by atoms with Crippen molar-refractivity contribution in [1.29, 1.82) is 0 Å².